The topological polar surface area (TPSA) is 53.6 Å². The number of amides is 2. The summed E-state index contributed by atoms with van der Waals surface area (Å²) in [6.07, 6.45) is 0. The standard InChI is InChI=1S/C19H23N3O2/c23-19(21-18-7-2-1-3-8-18)20-14-16-5-4-6-17(13-16)15-22-9-11-24-12-10-22/h1-8,13H,9-12,14-15H2,(H2,20,21,23). The number of nitrogens with zero attached hydrogens (tertiary/aromatic N) is 1. The minimum atomic E-state index is -0.195. The lowest BCUT2D eigenvalue weighted by Crippen LogP contribution is -2.35. The Kier molecular flexibility index (Phi) is 5.82. The highest BCUT2D eigenvalue weighted by atomic mass is 16.5. The van der Waals surface area contributed by atoms with E-state index in [-0.39, 0.29) is 6.03 Å². The summed E-state index contributed by atoms with van der Waals surface area (Å²) in [7, 11) is 0. The highest BCUT2D eigenvalue weighted by molar-refractivity contribution is 5.89. The van der Waals surface area contributed by atoms with E-state index >= 15 is 0 Å². The van der Waals surface area contributed by atoms with Gasteiger partial charge in [0.1, 0.15) is 0 Å². The lowest BCUT2D eigenvalue weighted by molar-refractivity contribution is 0.0342. The molecule has 0 aromatic heterocycles. The molecule has 2 aromatic rings. The van der Waals surface area contributed by atoms with Crippen LogP contribution in [0.5, 0.6) is 0 Å². The predicted molar refractivity (Wildman–Crippen MR) is 94.8 cm³/mol. The molecule has 2 aromatic carbocycles. The molecule has 2 amide bonds. The SMILES string of the molecule is O=C(NCc1cccc(CN2CCOCC2)c1)Nc1ccccc1. The van der Waals surface area contributed by atoms with Crippen molar-refractivity contribution in [1.29, 1.82) is 0 Å². The number of benzene rings is 2. The van der Waals surface area contributed by atoms with E-state index in [1.807, 2.05) is 42.5 Å². The number of carbonyl (C=O) groups is 1. The lowest BCUT2D eigenvalue weighted by Gasteiger charge is -2.26. The zero-order valence-corrected chi connectivity index (χ0v) is 13.7. The van der Waals surface area contributed by atoms with Crippen LogP contribution < -0.4 is 10.6 Å². The van der Waals surface area contributed by atoms with E-state index < -0.39 is 0 Å². The van der Waals surface area contributed by atoms with Crippen LogP contribution >= 0.6 is 0 Å². The Morgan fingerprint density at radius 1 is 1.00 bits per heavy atom. The molecule has 0 aliphatic carbocycles. The van der Waals surface area contributed by atoms with Crippen LogP contribution in [0.4, 0.5) is 10.5 Å². The van der Waals surface area contributed by atoms with Gasteiger partial charge in [-0.15, -0.1) is 0 Å². The monoisotopic (exact) mass is 325 g/mol. The molecule has 1 aliphatic heterocycles. The second kappa shape index (κ2) is 8.47. The van der Waals surface area contributed by atoms with Gasteiger partial charge in [0, 0.05) is 31.9 Å². The molecule has 1 fully saturated rings. The van der Waals surface area contributed by atoms with E-state index in [1.165, 1.54) is 5.56 Å². The Labute approximate surface area is 142 Å². The number of urea groups is 1. The van der Waals surface area contributed by atoms with Crippen molar-refractivity contribution in [2.75, 3.05) is 31.6 Å². The zero-order chi connectivity index (χ0) is 16.6. The fourth-order valence-corrected chi connectivity index (χ4v) is 2.73. The summed E-state index contributed by atoms with van der Waals surface area (Å²) in [6.45, 7) is 4.99. The van der Waals surface area contributed by atoms with Crippen molar-refractivity contribution in [2.24, 2.45) is 0 Å². The van der Waals surface area contributed by atoms with Gasteiger partial charge in [-0.2, -0.15) is 0 Å². The van der Waals surface area contributed by atoms with E-state index in [1.54, 1.807) is 0 Å². The second-order valence-corrected chi connectivity index (χ2v) is 5.88. The normalized spacial score (nSPS) is 15.0. The van der Waals surface area contributed by atoms with Gasteiger partial charge in [0.25, 0.3) is 0 Å². The molecule has 1 heterocycles. The number of carbonyl (C=O) groups excluding carboxylic acids is 1. The van der Waals surface area contributed by atoms with E-state index in [4.69, 9.17) is 4.74 Å². The first-order valence-electron chi connectivity index (χ1n) is 8.27. The molecule has 0 atom stereocenters. The molecule has 0 saturated carbocycles. The third kappa shape index (κ3) is 5.08. The van der Waals surface area contributed by atoms with Crippen molar-refractivity contribution in [3.05, 3.63) is 65.7 Å². The van der Waals surface area contributed by atoms with Gasteiger partial charge < -0.3 is 15.4 Å². The third-order valence-corrected chi connectivity index (χ3v) is 3.99. The van der Waals surface area contributed by atoms with E-state index in [0.717, 1.165) is 44.1 Å². The van der Waals surface area contributed by atoms with Gasteiger partial charge >= 0.3 is 6.03 Å². The van der Waals surface area contributed by atoms with Crippen LogP contribution in [0.1, 0.15) is 11.1 Å². The fourth-order valence-electron chi connectivity index (χ4n) is 2.73. The van der Waals surface area contributed by atoms with Crippen LogP contribution in [0.25, 0.3) is 0 Å². The number of nitrogens with one attached hydrogen (secondary N) is 2. The molecule has 1 saturated heterocycles. The van der Waals surface area contributed by atoms with Crippen LogP contribution in [0, 0.1) is 0 Å². The fraction of sp³-hybridized carbons (Fsp3) is 0.316. The molecule has 0 radical (unpaired) electrons. The number of hydrogen-bond acceptors (Lipinski definition) is 3. The number of hydrogen-bond donors (Lipinski definition) is 2. The van der Waals surface area contributed by atoms with Crippen molar-refractivity contribution in [3.8, 4) is 0 Å². The number of rotatable bonds is 5. The second-order valence-electron chi connectivity index (χ2n) is 5.88. The molecule has 1 aliphatic rings. The summed E-state index contributed by atoms with van der Waals surface area (Å²) in [5, 5.41) is 5.71. The highest BCUT2D eigenvalue weighted by Gasteiger charge is 2.10. The van der Waals surface area contributed by atoms with Crippen LogP contribution in [0.2, 0.25) is 0 Å². The predicted octanol–water partition coefficient (Wildman–Crippen LogP) is 2.84. The number of anilines is 1. The first kappa shape index (κ1) is 16.5. The number of morpholine rings is 1. The van der Waals surface area contributed by atoms with E-state index in [2.05, 4.69) is 27.7 Å². The van der Waals surface area contributed by atoms with Crippen molar-refractivity contribution >= 4 is 11.7 Å². The van der Waals surface area contributed by atoms with E-state index in [9.17, 15) is 4.79 Å². The van der Waals surface area contributed by atoms with Crippen molar-refractivity contribution in [2.45, 2.75) is 13.1 Å². The molecule has 0 unspecified atom stereocenters. The Morgan fingerprint density at radius 3 is 2.54 bits per heavy atom. The summed E-state index contributed by atoms with van der Waals surface area (Å²) in [6, 6.07) is 17.6. The molecule has 0 bridgehead atoms. The van der Waals surface area contributed by atoms with Gasteiger partial charge in [0.2, 0.25) is 0 Å². The van der Waals surface area contributed by atoms with Crippen molar-refractivity contribution < 1.29 is 9.53 Å². The Bertz CT molecular complexity index is 655. The summed E-state index contributed by atoms with van der Waals surface area (Å²) in [5.41, 5.74) is 3.15. The molecule has 126 valence electrons. The van der Waals surface area contributed by atoms with Crippen molar-refractivity contribution in [3.63, 3.8) is 0 Å². The van der Waals surface area contributed by atoms with Crippen LogP contribution in [-0.2, 0) is 17.8 Å². The van der Waals surface area contributed by atoms with Crippen LogP contribution in [0.3, 0.4) is 0 Å². The maximum absolute atomic E-state index is 11.9. The maximum Gasteiger partial charge on any atom is 0.319 e. The largest absolute Gasteiger partial charge is 0.379 e. The van der Waals surface area contributed by atoms with Gasteiger partial charge in [-0.05, 0) is 23.3 Å². The van der Waals surface area contributed by atoms with Crippen LogP contribution in [0.15, 0.2) is 54.6 Å². The average Bonchev–Trinajstić information content (AvgIpc) is 2.62. The number of ether oxygens (including phenoxy) is 1. The Balaban J connectivity index is 1.49. The Morgan fingerprint density at radius 2 is 1.75 bits per heavy atom. The third-order valence-electron chi connectivity index (χ3n) is 3.99. The van der Waals surface area contributed by atoms with Gasteiger partial charge in [-0.3, -0.25) is 4.90 Å². The molecule has 2 N–H and O–H groups in total. The molecule has 5 heteroatoms. The van der Waals surface area contributed by atoms with Gasteiger partial charge in [0.05, 0.1) is 13.2 Å². The summed E-state index contributed by atoms with van der Waals surface area (Å²) in [5.74, 6) is 0. The molecular weight excluding hydrogens is 302 g/mol. The minimum absolute atomic E-state index is 0.195. The minimum Gasteiger partial charge on any atom is -0.379 e. The summed E-state index contributed by atoms with van der Waals surface area (Å²) in [4.78, 5) is 14.3. The lowest BCUT2D eigenvalue weighted by atomic mass is 10.1. The van der Waals surface area contributed by atoms with Gasteiger partial charge in [-0.1, -0.05) is 42.5 Å². The van der Waals surface area contributed by atoms with Crippen LogP contribution in [-0.4, -0.2) is 37.2 Å². The summed E-state index contributed by atoms with van der Waals surface area (Å²) < 4.78 is 5.38. The molecule has 3 rings (SSSR count). The molecular formula is C19H23N3O2. The maximum atomic E-state index is 11.9. The Hall–Kier alpha value is -2.37. The van der Waals surface area contributed by atoms with Gasteiger partial charge in [-0.25, -0.2) is 4.79 Å². The highest BCUT2D eigenvalue weighted by Crippen LogP contribution is 2.10. The zero-order valence-electron chi connectivity index (χ0n) is 13.7. The van der Waals surface area contributed by atoms with Crippen molar-refractivity contribution in [1.82, 2.24) is 10.2 Å². The summed E-state index contributed by atoms with van der Waals surface area (Å²) >= 11 is 0. The molecule has 24 heavy (non-hydrogen) atoms. The number of para-hydroxylation sites is 1. The smallest absolute Gasteiger partial charge is 0.319 e. The van der Waals surface area contributed by atoms with Gasteiger partial charge in [0.15, 0.2) is 0 Å². The molecule has 0 spiro atoms. The molecule has 5 nitrogen and oxygen atoms in total. The first-order valence-corrected chi connectivity index (χ1v) is 8.27. The van der Waals surface area contributed by atoms with E-state index in [0.29, 0.717) is 6.54 Å². The quantitative estimate of drug-likeness (QED) is 0.889. The average molecular weight is 325 g/mol. The first-order chi connectivity index (χ1) is 11.8.